The molecule has 0 aliphatic carbocycles. The molecule has 3 rings (SSSR count). The van der Waals surface area contributed by atoms with Crippen LogP contribution < -0.4 is 10.6 Å². The highest BCUT2D eigenvalue weighted by atomic mass is 16.4. The first-order valence-corrected chi connectivity index (χ1v) is 8.99. The summed E-state index contributed by atoms with van der Waals surface area (Å²) in [6, 6.07) is 16.1. The molecule has 1 unspecified atom stereocenters. The lowest BCUT2D eigenvalue weighted by molar-refractivity contribution is -0.126. The van der Waals surface area contributed by atoms with Gasteiger partial charge in [-0.25, -0.2) is 4.79 Å². The number of anilines is 2. The highest BCUT2D eigenvalue weighted by Crippen LogP contribution is 2.23. The molecule has 8 nitrogen and oxygen atoms in total. The van der Waals surface area contributed by atoms with Crippen molar-refractivity contribution in [1.82, 2.24) is 0 Å². The first kappa shape index (κ1) is 20.5. The Morgan fingerprint density at radius 1 is 0.933 bits per heavy atom. The lowest BCUT2D eigenvalue weighted by atomic mass is 10.0. The van der Waals surface area contributed by atoms with Gasteiger partial charge in [-0.2, -0.15) is 0 Å². The fraction of sp³-hybridized carbons (Fsp3) is 0.0909. The number of carbonyl (C=O) groups excluding carboxylic acids is 2. The smallest absolute Gasteiger partial charge is 0.335 e. The third-order valence-electron chi connectivity index (χ3n) is 4.27. The van der Waals surface area contributed by atoms with Crippen LogP contribution in [0.5, 0.6) is 0 Å². The minimum Gasteiger partial charge on any atom is -0.478 e. The van der Waals surface area contributed by atoms with Gasteiger partial charge >= 0.3 is 5.97 Å². The SMILES string of the molecule is CC(=N)C(C(=O)Nc1cccc(C(=O)O)c1)C(=O)Nc1cccc(-c2ccco2)c1. The lowest BCUT2D eigenvalue weighted by Gasteiger charge is -2.16. The van der Waals surface area contributed by atoms with Gasteiger partial charge in [0.2, 0.25) is 11.8 Å². The Balaban J connectivity index is 1.76. The molecule has 2 aromatic carbocycles. The number of hydrogen-bond acceptors (Lipinski definition) is 5. The van der Waals surface area contributed by atoms with Gasteiger partial charge in [0.25, 0.3) is 0 Å². The third kappa shape index (κ3) is 4.79. The zero-order valence-electron chi connectivity index (χ0n) is 16.0. The van der Waals surface area contributed by atoms with Gasteiger partial charge in [0.1, 0.15) is 5.76 Å². The summed E-state index contributed by atoms with van der Waals surface area (Å²) in [5.41, 5.74) is 1.26. The number of aromatic carboxylic acids is 1. The number of carboxylic acid groups (broad SMARTS) is 1. The monoisotopic (exact) mass is 405 g/mol. The topological polar surface area (TPSA) is 132 Å². The molecule has 0 fully saturated rings. The third-order valence-corrected chi connectivity index (χ3v) is 4.27. The molecular formula is C22H19N3O5. The first-order valence-electron chi connectivity index (χ1n) is 8.99. The van der Waals surface area contributed by atoms with E-state index in [1.54, 1.807) is 36.6 Å². The van der Waals surface area contributed by atoms with Crippen molar-refractivity contribution in [3.63, 3.8) is 0 Å². The average Bonchev–Trinajstić information content (AvgIpc) is 3.23. The summed E-state index contributed by atoms with van der Waals surface area (Å²) >= 11 is 0. The summed E-state index contributed by atoms with van der Waals surface area (Å²) in [5, 5.41) is 22.1. The van der Waals surface area contributed by atoms with Crippen LogP contribution in [0.4, 0.5) is 11.4 Å². The van der Waals surface area contributed by atoms with E-state index in [1.165, 1.54) is 31.2 Å². The van der Waals surface area contributed by atoms with Crippen molar-refractivity contribution in [3.8, 4) is 11.3 Å². The van der Waals surface area contributed by atoms with E-state index >= 15 is 0 Å². The van der Waals surface area contributed by atoms with Crippen LogP contribution in [-0.4, -0.2) is 28.6 Å². The van der Waals surface area contributed by atoms with E-state index in [9.17, 15) is 14.4 Å². The molecule has 8 heteroatoms. The van der Waals surface area contributed by atoms with Crippen LogP contribution >= 0.6 is 0 Å². The highest BCUT2D eigenvalue weighted by Gasteiger charge is 2.29. The predicted octanol–water partition coefficient (Wildman–Crippen LogP) is 3.88. The van der Waals surface area contributed by atoms with Crippen LogP contribution in [0, 0.1) is 11.3 Å². The van der Waals surface area contributed by atoms with E-state index in [2.05, 4.69) is 10.6 Å². The molecule has 0 bridgehead atoms. The molecule has 1 atom stereocenters. The largest absolute Gasteiger partial charge is 0.478 e. The number of amides is 2. The van der Waals surface area contributed by atoms with E-state index in [-0.39, 0.29) is 17.0 Å². The van der Waals surface area contributed by atoms with Crippen LogP contribution in [0.3, 0.4) is 0 Å². The van der Waals surface area contributed by atoms with Crippen LogP contribution in [0.2, 0.25) is 0 Å². The Hall–Kier alpha value is -4.20. The maximum atomic E-state index is 12.7. The molecule has 0 saturated heterocycles. The van der Waals surface area contributed by atoms with Crippen molar-refractivity contribution in [1.29, 1.82) is 5.41 Å². The first-order chi connectivity index (χ1) is 14.3. The molecule has 3 aromatic rings. The second-order valence-electron chi connectivity index (χ2n) is 6.54. The lowest BCUT2D eigenvalue weighted by Crippen LogP contribution is -2.38. The average molecular weight is 405 g/mol. The maximum absolute atomic E-state index is 12.7. The summed E-state index contributed by atoms with van der Waals surface area (Å²) in [6.07, 6.45) is 1.54. The van der Waals surface area contributed by atoms with Crippen molar-refractivity contribution in [2.75, 3.05) is 10.6 Å². The van der Waals surface area contributed by atoms with Crippen molar-refractivity contribution >= 4 is 34.9 Å². The van der Waals surface area contributed by atoms with E-state index in [0.29, 0.717) is 11.4 Å². The van der Waals surface area contributed by atoms with Crippen molar-refractivity contribution in [2.45, 2.75) is 6.92 Å². The fourth-order valence-corrected chi connectivity index (χ4v) is 2.86. The molecule has 1 aromatic heterocycles. The van der Waals surface area contributed by atoms with Gasteiger partial charge in [-0.3, -0.25) is 9.59 Å². The van der Waals surface area contributed by atoms with E-state index in [0.717, 1.165) is 5.56 Å². The molecule has 2 amide bonds. The second-order valence-corrected chi connectivity index (χ2v) is 6.54. The maximum Gasteiger partial charge on any atom is 0.335 e. The quantitative estimate of drug-likeness (QED) is 0.350. The zero-order valence-corrected chi connectivity index (χ0v) is 16.0. The molecule has 0 radical (unpaired) electrons. The molecule has 0 aliphatic rings. The van der Waals surface area contributed by atoms with E-state index < -0.39 is 23.7 Å². The van der Waals surface area contributed by atoms with Crippen LogP contribution in [-0.2, 0) is 9.59 Å². The van der Waals surface area contributed by atoms with Gasteiger partial charge < -0.3 is 25.6 Å². The number of nitrogens with one attached hydrogen (secondary N) is 3. The molecular weight excluding hydrogens is 386 g/mol. The molecule has 0 aliphatic heterocycles. The van der Waals surface area contributed by atoms with Crippen molar-refractivity contribution in [2.24, 2.45) is 5.92 Å². The van der Waals surface area contributed by atoms with Gasteiger partial charge in [-0.15, -0.1) is 0 Å². The molecule has 0 spiro atoms. The molecule has 152 valence electrons. The Bertz CT molecular complexity index is 1110. The number of carbonyl (C=O) groups is 3. The van der Waals surface area contributed by atoms with Gasteiger partial charge in [-0.05, 0) is 49.4 Å². The molecule has 0 saturated carbocycles. The number of furan rings is 1. The van der Waals surface area contributed by atoms with Gasteiger partial charge in [0.15, 0.2) is 5.92 Å². The summed E-state index contributed by atoms with van der Waals surface area (Å²) in [4.78, 5) is 36.5. The minimum atomic E-state index is -1.38. The summed E-state index contributed by atoms with van der Waals surface area (Å²) < 4.78 is 5.34. The van der Waals surface area contributed by atoms with Crippen LogP contribution in [0.1, 0.15) is 17.3 Å². The standard InChI is InChI=1S/C22H19N3O5/c1-13(23)19(21(27)25-17-8-3-6-15(12-17)22(28)29)20(26)24-16-7-2-5-14(11-16)18-9-4-10-30-18/h2-12,19,23H,1H3,(H,24,26)(H,25,27)(H,28,29). The Morgan fingerprint density at radius 2 is 1.57 bits per heavy atom. The summed E-state index contributed by atoms with van der Waals surface area (Å²) in [5.74, 6) is -3.30. The number of benzene rings is 2. The van der Waals surface area contributed by atoms with Crippen LogP contribution in [0.15, 0.2) is 71.3 Å². The Morgan fingerprint density at radius 3 is 2.13 bits per heavy atom. The predicted molar refractivity (Wildman–Crippen MR) is 112 cm³/mol. The molecule has 1 heterocycles. The van der Waals surface area contributed by atoms with Gasteiger partial charge in [0.05, 0.1) is 11.8 Å². The van der Waals surface area contributed by atoms with Crippen molar-refractivity contribution in [3.05, 3.63) is 72.5 Å². The zero-order chi connectivity index (χ0) is 21.7. The summed E-state index contributed by atoms with van der Waals surface area (Å²) in [6.45, 7) is 1.36. The molecule has 30 heavy (non-hydrogen) atoms. The van der Waals surface area contributed by atoms with Gasteiger partial charge in [0, 0.05) is 22.6 Å². The second kappa shape index (κ2) is 8.87. The molecule has 4 N–H and O–H groups in total. The van der Waals surface area contributed by atoms with E-state index in [4.69, 9.17) is 14.9 Å². The highest BCUT2D eigenvalue weighted by molar-refractivity contribution is 6.24. The van der Waals surface area contributed by atoms with E-state index in [1.807, 2.05) is 6.07 Å². The van der Waals surface area contributed by atoms with Crippen molar-refractivity contribution < 1.29 is 23.9 Å². The van der Waals surface area contributed by atoms with Gasteiger partial charge in [-0.1, -0.05) is 18.2 Å². The number of hydrogen-bond donors (Lipinski definition) is 4. The fourth-order valence-electron chi connectivity index (χ4n) is 2.86. The summed E-state index contributed by atoms with van der Waals surface area (Å²) in [7, 11) is 0. The van der Waals surface area contributed by atoms with Crippen LogP contribution in [0.25, 0.3) is 11.3 Å². The minimum absolute atomic E-state index is 0.00452. The number of rotatable bonds is 7. The number of carboxylic acids is 1. The normalized spacial score (nSPS) is 11.4. The Labute approximate surface area is 172 Å². The Kier molecular flexibility index (Phi) is 6.07.